The highest BCUT2D eigenvalue weighted by molar-refractivity contribution is 4.94. The Morgan fingerprint density at radius 3 is 2.35 bits per heavy atom. The lowest BCUT2D eigenvalue weighted by Gasteiger charge is -2.40. The van der Waals surface area contributed by atoms with Crippen molar-refractivity contribution in [2.45, 2.75) is 69.8 Å². The zero-order valence-electron chi connectivity index (χ0n) is 12.9. The monoisotopic (exact) mass is 280 g/mol. The molecule has 0 amide bonds. The van der Waals surface area contributed by atoms with Crippen LogP contribution in [0.5, 0.6) is 0 Å². The highest BCUT2D eigenvalue weighted by Gasteiger charge is 2.40. The third kappa shape index (κ3) is 2.90. The molecule has 2 aliphatic carbocycles. The van der Waals surface area contributed by atoms with Crippen molar-refractivity contribution in [2.24, 2.45) is 17.1 Å². The molecule has 3 aliphatic rings. The largest absolute Gasteiger partial charge is 0.388 e. The predicted octanol–water partition coefficient (Wildman–Crippen LogP) is 2.52. The highest BCUT2D eigenvalue weighted by atomic mass is 16.3. The molecule has 0 aromatic carbocycles. The maximum atomic E-state index is 10.5. The van der Waals surface area contributed by atoms with Gasteiger partial charge in [-0.25, -0.2) is 0 Å². The van der Waals surface area contributed by atoms with Gasteiger partial charge in [0, 0.05) is 6.54 Å². The van der Waals surface area contributed by atoms with Crippen molar-refractivity contribution in [2.75, 3.05) is 26.2 Å². The average molecular weight is 280 g/mol. The van der Waals surface area contributed by atoms with E-state index < -0.39 is 5.60 Å². The number of rotatable bonds is 4. The summed E-state index contributed by atoms with van der Waals surface area (Å²) in [5.41, 5.74) is 5.95. The van der Waals surface area contributed by atoms with E-state index in [-0.39, 0.29) is 0 Å². The molecule has 2 saturated carbocycles. The van der Waals surface area contributed by atoms with Crippen molar-refractivity contribution in [3.63, 3.8) is 0 Å². The summed E-state index contributed by atoms with van der Waals surface area (Å²) in [6.07, 6.45) is 13.1. The van der Waals surface area contributed by atoms with Crippen LogP contribution < -0.4 is 5.73 Å². The van der Waals surface area contributed by atoms with Crippen LogP contribution in [0.15, 0.2) is 0 Å². The molecule has 1 heterocycles. The summed E-state index contributed by atoms with van der Waals surface area (Å²) >= 11 is 0. The molecule has 3 rings (SSSR count). The summed E-state index contributed by atoms with van der Waals surface area (Å²) in [6, 6.07) is 0. The molecule has 0 aromatic heterocycles. The molecule has 20 heavy (non-hydrogen) atoms. The van der Waals surface area contributed by atoms with Gasteiger partial charge in [0.15, 0.2) is 0 Å². The quantitative estimate of drug-likeness (QED) is 0.832. The molecule has 1 spiro atoms. The number of piperidine rings is 1. The maximum absolute atomic E-state index is 10.5. The first-order chi connectivity index (χ1) is 9.66. The predicted molar refractivity (Wildman–Crippen MR) is 82.5 cm³/mol. The molecule has 3 heteroatoms. The zero-order valence-corrected chi connectivity index (χ0v) is 12.9. The van der Waals surface area contributed by atoms with Gasteiger partial charge in [0.1, 0.15) is 0 Å². The number of likely N-dealkylation sites (tertiary alicyclic amines) is 1. The molecule has 0 bridgehead atoms. The van der Waals surface area contributed by atoms with E-state index in [4.69, 9.17) is 5.73 Å². The van der Waals surface area contributed by atoms with Crippen LogP contribution in [-0.4, -0.2) is 41.8 Å². The number of nitrogens with zero attached hydrogens (tertiary/aromatic N) is 1. The van der Waals surface area contributed by atoms with Gasteiger partial charge in [-0.15, -0.1) is 0 Å². The summed E-state index contributed by atoms with van der Waals surface area (Å²) in [7, 11) is 0. The molecule has 2 unspecified atom stereocenters. The molecular weight excluding hydrogens is 248 g/mol. The second-order valence-corrected chi connectivity index (χ2v) is 7.73. The fourth-order valence-electron chi connectivity index (χ4n) is 5.02. The topological polar surface area (TPSA) is 49.5 Å². The van der Waals surface area contributed by atoms with Crippen LogP contribution in [-0.2, 0) is 0 Å². The van der Waals surface area contributed by atoms with E-state index >= 15 is 0 Å². The summed E-state index contributed by atoms with van der Waals surface area (Å²) in [5.74, 6) is 0.440. The highest BCUT2D eigenvalue weighted by Crippen LogP contribution is 2.46. The average Bonchev–Trinajstić information content (AvgIpc) is 3.07. The SMILES string of the molecule is NCC1(O)CCCC1CCN1CCC2(CCCC2)CC1. The van der Waals surface area contributed by atoms with Crippen molar-refractivity contribution in [1.82, 2.24) is 4.90 Å². The Kier molecular flexibility index (Phi) is 4.40. The van der Waals surface area contributed by atoms with Crippen LogP contribution in [0.4, 0.5) is 0 Å². The second-order valence-electron chi connectivity index (χ2n) is 7.73. The van der Waals surface area contributed by atoms with Crippen LogP contribution in [0.3, 0.4) is 0 Å². The lowest BCUT2D eigenvalue weighted by molar-refractivity contribution is 0.00173. The molecule has 1 aliphatic heterocycles. The van der Waals surface area contributed by atoms with Gasteiger partial charge in [-0.05, 0) is 75.9 Å². The van der Waals surface area contributed by atoms with Gasteiger partial charge in [-0.3, -0.25) is 0 Å². The van der Waals surface area contributed by atoms with Crippen LogP contribution >= 0.6 is 0 Å². The van der Waals surface area contributed by atoms with E-state index in [2.05, 4.69) is 4.90 Å². The van der Waals surface area contributed by atoms with E-state index in [1.165, 1.54) is 64.6 Å². The molecule has 3 N–H and O–H groups in total. The molecule has 0 radical (unpaired) electrons. The molecule has 1 saturated heterocycles. The minimum absolute atomic E-state index is 0.440. The van der Waals surface area contributed by atoms with Crippen LogP contribution in [0.1, 0.15) is 64.2 Å². The van der Waals surface area contributed by atoms with Crippen LogP contribution in [0, 0.1) is 11.3 Å². The molecule has 3 nitrogen and oxygen atoms in total. The van der Waals surface area contributed by atoms with E-state index in [0.717, 1.165) is 24.7 Å². The smallest absolute Gasteiger partial charge is 0.0797 e. The summed E-state index contributed by atoms with van der Waals surface area (Å²) in [6.45, 7) is 4.19. The Morgan fingerprint density at radius 2 is 1.70 bits per heavy atom. The van der Waals surface area contributed by atoms with Crippen molar-refractivity contribution >= 4 is 0 Å². The normalized spacial score (nSPS) is 37.8. The fourth-order valence-corrected chi connectivity index (χ4v) is 5.02. The Labute approximate surface area is 123 Å². The number of hydrogen-bond donors (Lipinski definition) is 2. The number of aliphatic hydroxyl groups is 1. The Bertz CT molecular complexity index is 317. The van der Waals surface area contributed by atoms with Gasteiger partial charge in [-0.2, -0.15) is 0 Å². The Balaban J connectivity index is 1.44. The van der Waals surface area contributed by atoms with Gasteiger partial charge in [0.05, 0.1) is 5.60 Å². The first kappa shape index (κ1) is 14.8. The maximum Gasteiger partial charge on any atom is 0.0797 e. The molecule has 2 atom stereocenters. The van der Waals surface area contributed by atoms with Crippen molar-refractivity contribution in [3.8, 4) is 0 Å². The molecular formula is C17H32N2O. The van der Waals surface area contributed by atoms with E-state index in [0.29, 0.717) is 12.5 Å². The Morgan fingerprint density at radius 1 is 1.00 bits per heavy atom. The first-order valence-electron chi connectivity index (χ1n) is 8.81. The number of hydrogen-bond acceptors (Lipinski definition) is 3. The Hall–Kier alpha value is -0.120. The van der Waals surface area contributed by atoms with E-state index in [1.807, 2.05) is 0 Å². The first-order valence-corrected chi connectivity index (χ1v) is 8.81. The van der Waals surface area contributed by atoms with Gasteiger partial charge in [0.2, 0.25) is 0 Å². The van der Waals surface area contributed by atoms with E-state index in [1.54, 1.807) is 0 Å². The van der Waals surface area contributed by atoms with Crippen molar-refractivity contribution in [1.29, 1.82) is 0 Å². The van der Waals surface area contributed by atoms with Gasteiger partial charge in [-0.1, -0.05) is 19.3 Å². The van der Waals surface area contributed by atoms with Crippen molar-refractivity contribution < 1.29 is 5.11 Å². The van der Waals surface area contributed by atoms with Gasteiger partial charge >= 0.3 is 0 Å². The van der Waals surface area contributed by atoms with Gasteiger partial charge in [0.25, 0.3) is 0 Å². The van der Waals surface area contributed by atoms with Crippen molar-refractivity contribution in [3.05, 3.63) is 0 Å². The zero-order chi connectivity index (χ0) is 14.1. The lowest BCUT2D eigenvalue weighted by atomic mass is 9.77. The standard InChI is InChI=1S/C17H32N2O/c18-14-17(20)8-3-4-15(17)5-11-19-12-9-16(10-13-19)6-1-2-7-16/h15,20H,1-14,18H2. The van der Waals surface area contributed by atoms with Gasteiger partial charge < -0.3 is 15.7 Å². The van der Waals surface area contributed by atoms with Crippen LogP contribution in [0.2, 0.25) is 0 Å². The van der Waals surface area contributed by atoms with E-state index in [9.17, 15) is 5.11 Å². The summed E-state index contributed by atoms with van der Waals surface area (Å²) in [5, 5.41) is 10.5. The minimum Gasteiger partial charge on any atom is -0.388 e. The van der Waals surface area contributed by atoms with Crippen LogP contribution in [0.25, 0.3) is 0 Å². The third-order valence-corrected chi connectivity index (χ3v) is 6.65. The molecule has 116 valence electrons. The fraction of sp³-hybridized carbons (Fsp3) is 1.00. The number of nitrogens with two attached hydrogens (primary N) is 1. The summed E-state index contributed by atoms with van der Waals surface area (Å²) in [4.78, 5) is 2.64. The lowest BCUT2D eigenvalue weighted by Crippen LogP contribution is -2.44. The second kappa shape index (κ2) is 5.94. The molecule has 0 aromatic rings. The third-order valence-electron chi connectivity index (χ3n) is 6.65. The summed E-state index contributed by atoms with van der Waals surface area (Å²) < 4.78 is 0. The minimum atomic E-state index is -0.553. The molecule has 3 fully saturated rings.